The van der Waals surface area contributed by atoms with Crippen LogP contribution >= 0.6 is 0 Å². The molecule has 1 aromatic rings. The van der Waals surface area contributed by atoms with Crippen molar-refractivity contribution in [3.63, 3.8) is 0 Å². The largest absolute Gasteiger partial charge is 1.00 e. The Bertz CT molecular complexity index is 334. The van der Waals surface area contributed by atoms with Gasteiger partial charge in [0.25, 0.3) is 0 Å². The van der Waals surface area contributed by atoms with E-state index >= 15 is 0 Å². The Kier molecular flexibility index (Phi) is 6.59. The Hall–Kier alpha value is -0.136. The van der Waals surface area contributed by atoms with Crippen LogP contribution in [0.25, 0.3) is 0 Å². The molecule has 1 aromatic carbocycles. The van der Waals surface area contributed by atoms with Gasteiger partial charge in [-0.05, 0) is 32.1 Å². The van der Waals surface area contributed by atoms with Gasteiger partial charge in [0.2, 0.25) is 0 Å². The van der Waals surface area contributed by atoms with Crippen molar-refractivity contribution in [2.45, 2.75) is 32.4 Å². The summed E-state index contributed by atoms with van der Waals surface area (Å²) in [5, 5.41) is 0. The van der Waals surface area contributed by atoms with E-state index in [1.54, 1.807) is 0 Å². The number of hydrogen-bond acceptors (Lipinski definition) is 1. The van der Waals surface area contributed by atoms with Gasteiger partial charge in [-0.15, -0.1) is 12.1 Å². The summed E-state index contributed by atoms with van der Waals surface area (Å²) in [6.07, 6.45) is 5.55. The van der Waals surface area contributed by atoms with Gasteiger partial charge in [-0.2, -0.15) is 23.7 Å². The molecule has 94 valence electrons. The predicted molar refractivity (Wildman–Crippen MR) is 77.6 cm³/mol. The SMILES string of the molecule is C[Si](C)([CH-]c1ccccc1)CN1CCCCC1.[Li+]. The van der Waals surface area contributed by atoms with Crippen LogP contribution in [0.5, 0.6) is 0 Å². The summed E-state index contributed by atoms with van der Waals surface area (Å²) in [5.41, 5.74) is 1.40. The first kappa shape index (κ1) is 15.9. The van der Waals surface area contributed by atoms with E-state index in [0.717, 1.165) is 0 Å². The maximum Gasteiger partial charge on any atom is 1.00 e. The zero-order valence-electron chi connectivity index (χ0n) is 12.2. The van der Waals surface area contributed by atoms with Gasteiger partial charge in [-0.3, -0.25) is 0 Å². The van der Waals surface area contributed by atoms with Crippen LogP contribution in [-0.2, 0) is 0 Å². The fraction of sp³-hybridized carbons (Fsp3) is 0.533. The third-order valence-electron chi connectivity index (χ3n) is 3.44. The maximum absolute atomic E-state index is 2.68. The quantitative estimate of drug-likeness (QED) is 0.558. The molecule has 3 heteroatoms. The van der Waals surface area contributed by atoms with Crippen LogP contribution in [0.1, 0.15) is 24.8 Å². The molecule has 1 aliphatic heterocycles. The third-order valence-corrected chi connectivity index (χ3v) is 5.81. The average molecular weight is 253 g/mol. The molecule has 0 aliphatic carbocycles. The van der Waals surface area contributed by atoms with E-state index in [4.69, 9.17) is 0 Å². The molecule has 0 saturated carbocycles. The Morgan fingerprint density at radius 2 is 1.67 bits per heavy atom. The fourth-order valence-electron chi connectivity index (χ4n) is 2.74. The molecule has 1 saturated heterocycles. The van der Waals surface area contributed by atoms with E-state index in [1.807, 2.05) is 0 Å². The van der Waals surface area contributed by atoms with E-state index in [-0.39, 0.29) is 18.9 Å². The molecule has 0 aromatic heterocycles. The first-order chi connectivity index (χ1) is 8.16. The van der Waals surface area contributed by atoms with Crippen molar-refractivity contribution in [3.05, 3.63) is 41.9 Å². The standard InChI is InChI=1S/C15H24NSi.Li/c1-17(2,13-15-9-5-3-6-10-15)14-16-11-7-4-8-12-16;/h3,5-6,9-10,13H,4,7-8,11-12,14H2,1-2H3;/q-1;+1. The first-order valence-electron chi connectivity index (χ1n) is 6.79. The molecule has 2 rings (SSSR count). The molecule has 1 aliphatic rings. The summed E-state index contributed by atoms with van der Waals surface area (Å²) in [6.45, 7) is 7.60. The van der Waals surface area contributed by atoms with Crippen molar-refractivity contribution >= 4 is 8.07 Å². The molecule has 0 amide bonds. The smallest absolute Gasteiger partial charge is 0.307 e. The molecule has 18 heavy (non-hydrogen) atoms. The van der Waals surface area contributed by atoms with Crippen LogP contribution in [0.15, 0.2) is 30.3 Å². The van der Waals surface area contributed by atoms with Crippen molar-refractivity contribution in [3.8, 4) is 0 Å². The summed E-state index contributed by atoms with van der Waals surface area (Å²) in [6, 6.07) is 13.4. The topological polar surface area (TPSA) is 3.24 Å². The molecule has 0 bridgehead atoms. The van der Waals surface area contributed by atoms with Gasteiger partial charge in [0.15, 0.2) is 0 Å². The molecule has 1 fully saturated rings. The molecule has 0 unspecified atom stereocenters. The number of benzene rings is 1. The third kappa shape index (κ3) is 5.24. The van der Waals surface area contributed by atoms with Gasteiger partial charge in [0.05, 0.1) is 0 Å². The normalized spacial score (nSPS) is 17.0. The molecule has 0 atom stereocenters. The first-order valence-corrected chi connectivity index (χ1v) is 10.1. The van der Waals surface area contributed by atoms with Crippen molar-refractivity contribution < 1.29 is 18.9 Å². The fourth-order valence-corrected chi connectivity index (χ4v) is 5.39. The molecule has 0 N–H and O–H groups in total. The van der Waals surface area contributed by atoms with Crippen LogP contribution in [-0.4, -0.2) is 32.2 Å². The van der Waals surface area contributed by atoms with Crippen LogP contribution in [0.3, 0.4) is 0 Å². The number of likely N-dealkylation sites (tertiary alicyclic amines) is 1. The summed E-state index contributed by atoms with van der Waals surface area (Å²) in [7, 11) is -1.23. The van der Waals surface area contributed by atoms with Crippen molar-refractivity contribution in [2.75, 3.05) is 19.3 Å². The molecule has 0 spiro atoms. The van der Waals surface area contributed by atoms with Crippen molar-refractivity contribution in [1.29, 1.82) is 0 Å². The van der Waals surface area contributed by atoms with E-state index in [2.05, 4.69) is 54.4 Å². The second kappa shape index (κ2) is 7.45. The van der Waals surface area contributed by atoms with E-state index in [0.29, 0.717) is 0 Å². The predicted octanol–water partition coefficient (Wildman–Crippen LogP) is 0.516. The van der Waals surface area contributed by atoms with Crippen LogP contribution in [0.2, 0.25) is 13.1 Å². The van der Waals surface area contributed by atoms with E-state index in [1.165, 1.54) is 44.1 Å². The van der Waals surface area contributed by atoms with Crippen LogP contribution in [0, 0.1) is 6.04 Å². The summed E-state index contributed by atoms with van der Waals surface area (Å²) in [5.74, 6) is 0. The minimum absolute atomic E-state index is 0. The Morgan fingerprint density at radius 1 is 1.06 bits per heavy atom. The minimum Gasteiger partial charge on any atom is -0.307 e. The molecule has 0 radical (unpaired) electrons. The second-order valence-electron chi connectivity index (χ2n) is 5.88. The summed E-state index contributed by atoms with van der Waals surface area (Å²) >= 11 is 0. The van der Waals surface area contributed by atoms with Crippen LogP contribution in [0.4, 0.5) is 0 Å². The van der Waals surface area contributed by atoms with E-state index in [9.17, 15) is 0 Å². The van der Waals surface area contributed by atoms with Gasteiger partial charge in [0.1, 0.15) is 0 Å². The second-order valence-corrected chi connectivity index (χ2v) is 10.5. The van der Waals surface area contributed by atoms with E-state index < -0.39 is 8.07 Å². The van der Waals surface area contributed by atoms with Gasteiger partial charge in [-0.25, -0.2) is 0 Å². The van der Waals surface area contributed by atoms with Gasteiger partial charge >= 0.3 is 18.9 Å². The molecular weight excluding hydrogens is 229 g/mol. The van der Waals surface area contributed by atoms with Crippen molar-refractivity contribution in [2.24, 2.45) is 0 Å². The number of nitrogens with zero attached hydrogens (tertiary/aromatic N) is 1. The van der Waals surface area contributed by atoms with Crippen LogP contribution < -0.4 is 18.9 Å². The zero-order valence-corrected chi connectivity index (χ0v) is 13.2. The van der Waals surface area contributed by atoms with Gasteiger partial charge < -0.3 is 4.90 Å². The van der Waals surface area contributed by atoms with Gasteiger partial charge in [-0.1, -0.05) is 25.6 Å². The monoisotopic (exact) mass is 253 g/mol. The summed E-state index contributed by atoms with van der Waals surface area (Å²) < 4.78 is 0. The number of rotatable bonds is 4. The number of hydrogen-bond donors (Lipinski definition) is 0. The Morgan fingerprint density at radius 3 is 2.28 bits per heavy atom. The minimum atomic E-state index is -1.23. The molecule has 1 heterocycles. The van der Waals surface area contributed by atoms with Gasteiger partial charge in [0, 0.05) is 8.07 Å². The maximum atomic E-state index is 2.68. The average Bonchev–Trinajstić information content (AvgIpc) is 2.30. The summed E-state index contributed by atoms with van der Waals surface area (Å²) in [4.78, 5) is 2.68. The zero-order chi connectivity index (χ0) is 12.1. The Balaban J connectivity index is 0.00000162. The molecular formula is C15H24LiNSi. The van der Waals surface area contributed by atoms with Crippen molar-refractivity contribution in [1.82, 2.24) is 4.90 Å². The number of piperidine rings is 1. The molecule has 1 nitrogen and oxygen atoms in total. The Labute approximate surface area is 125 Å².